The molecule has 0 unspecified atom stereocenters. The number of anilines is 2. The van der Waals surface area contributed by atoms with E-state index in [1.54, 1.807) is 23.7 Å². The van der Waals surface area contributed by atoms with Crippen LogP contribution in [-0.4, -0.2) is 15.0 Å². The third kappa shape index (κ3) is 2.44. The molecule has 0 saturated heterocycles. The van der Waals surface area contributed by atoms with Gasteiger partial charge in [0, 0.05) is 4.88 Å². The van der Waals surface area contributed by atoms with Crippen LogP contribution in [0.15, 0.2) is 17.9 Å². The number of nitrogens with two attached hydrogens (primary N) is 1. The Labute approximate surface area is 96.9 Å². The molecule has 0 aliphatic rings. The van der Waals surface area contributed by atoms with E-state index in [0.717, 1.165) is 5.69 Å². The van der Waals surface area contributed by atoms with E-state index in [4.69, 9.17) is 5.84 Å². The summed E-state index contributed by atoms with van der Waals surface area (Å²) in [5, 5.41) is 3.16. The van der Waals surface area contributed by atoms with E-state index in [1.807, 2.05) is 12.4 Å². The Balaban J connectivity index is 2.02. The van der Waals surface area contributed by atoms with Crippen LogP contribution in [0.25, 0.3) is 0 Å². The lowest BCUT2D eigenvalue weighted by Crippen LogP contribution is -2.10. The maximum absolute atomic E-state index is 5.25. The van der Waals surface area contributed by atoms with Gasteiger partial charge in [0.15, 0.2) is 5.82 Å². The van der Waals surface area contributed by atoms with E-state index in [1.165, 1.54) is 4.88 Å². The van der Waals surface area contributed by atoms with Crippen molar-refractivity contribution in [1.82, 2.24) is 15.0 Å². The van der Waals surface area contributed by atoms with Crippen LogP contribution in [0.3, 0.4) is 0 Å². The Kier molecular flexibility index (Phi) is 3.28. The molecule has 2 heterocycles. The maximum Gasteiger partial charge on any atom is 0.160 e. The zero-order chi connectivity index (χ0) is 11.4. The predicted molar refractivity (Wildman–Crippen MR) is 64.0 cm³/mol. The van der Waals surface area contributed by atoms with Crippen molar-refractivity contribution in [3.8, 4) is 0 Å². The van der Waals surface area contributed by atoms with Crippen molar-refractivity contribution in [3.63, 3.8) is 0 Å². The fourth-order valence-electron chi connectivity index (χ4n) is 1.19. The summed E-state index contributed by atoms with van der Waals surface area (Å²) in [6, 6.07) is 0. The van der Waals surface area contributed by atoms with E-state index >= 15 is 0 Å². The van der Waals surface area contributed by atoms with Crippen LogP contribution in [0.2, 0.25) is 0 Å². The van der Waals surface area contributed by atoms with Crippen molar-refractivity contribution in [2.75, 3.05) is 10.7 Å². The summed E-state index contributed by atoms with van der Waals surface area (Å²) in [5.74, 6) is 6.46. The van der Waals surface area contributed by atoms with Crippen molar-refractivity contribution in [1.29, 1.82) is 0 Å². The second kappa shape index (κ2) is 4.86. The average Bonchev–Trinajstić information content (AvgIpc) is 2.72. The highest BCUT2D eigenvalue weighted by Crippen LogP contribution is 2.14. The Morgan fingerprint density at radius 2 is 2.19 bits per heavy atom. The van der Waals surface area contributed by atoms with Crippen LogP contribution >= 0.6 is 11.3 Å². The summed E-state index contributed by atoms with van der Waals surface area (Å²) in [6.45, 7) is 2.68. The Morgan fingerprint density at radius 1 is 1.38 bits per heavy atom. The van der Waals surface area contributed by atoms with Gasteiger partial charge in [-0.2, -0.15) is 0 Å². The SMILES string of the molecule is Cc1ncsc1CNc1cncc(NN)n1. The number of nitrogens with zero attached hydrogens (tertiary/aromatic N) is 3. The molecule has 0 bridgehead atoms. The van der Waals surface area contributed by atoms with Gasteiger partial charge in [-0.15, -0.1) is 11.3 Å². The van der Waals surface area contributed by atoms with Crippen LogP contribution in [-0.2, 0) is 6.54 Å². The molecule has 0 atom stereocenters. The molecule has 4 N–H and O–H groups in total. The Morgan fingerprint density at radius 3 is 2.88 bits per heavy atom. The number of hydrogen-bond donors (Lipinski definition) is 3. The van der Waals surface area contributed by atoms with Crippen LogP contribution in [0.5, 0.6) is 0 Å². The molecule has 2 rings (SSSR count). The molecule has 0 aliphatic carbocycles. The smallest absolute Gasteiger partial charge is 0.160 e. The molecule has 2 aromatic rings. The molecule has 84 valence electrons. The first-order valence-electron chi connectivity index (χ1n) is 4.71. The predicted octanol–water partition coefficient (Wildman–Crippen LogP) is 1.14. The number of nitrogens with one attached hydrogen (secondary N) is 2. The minimum absolute atomic E-state index is 0.533. The summed E-state index contributed by atoms with van der Waals surface area (Å²) in [7, 11) is 0. The second-order valence-corrected chi connectivity index (χ2v) is 4.09. The van der Waals surface area contributed by atoms with Gasteiger partial charge in [-0.3, -0.25) is 4.98 Å². The molecule has 2 aromatic heterocycles. The Bertz CT molecular complexity index is 469. The van der Waals surface area contributed by atoms with Crippen molar-refractivity contribution >= 4 is 23.0 Å². The molecule has 7 heteroatoms. The molecule has 0 radical (unpaired) electrons. The lowest BCUT2D eigenvalue weighted by atomic mass is 10.4. The van der Waals surface area contributed by atoms with E-state index in [2.05, 4.69) is 25.7 Å². The first-order chi connectivity index (χ1) is 7.79. The van der Waals surface area contributed by atoms with Crippen LogP contribution in [0.1, 0.15) is 10.6 Å². The van der Waals surface area contributed by atoms with Gasteiger partial charge in [-0.1, -0.05) is 0 Å². The van der Waals surface area contributed by atoms with Gasteiger partial charge in [-0.05, 0) is 6.92 Å². The number of aromatic nitrogens is 3. The minimum atomic E-state index is 0.533. The Hall–Kier alpha value is -1.73. The van der Waals surface area contributed by atoms with E-state index in [0.29, 0.717) is 18.2 Å². The highest BCUT2D eigenvalue weighted by atomic mass is 32.1. The number of thiazole rings is 1. The molecule has 6 nitrogen and oxygen atoms in total. The average molecular weight is 236 g/mol. The first-order valence-corrected chi connectivity index (χ1v) is 5.59. The number of nitrogen functional groups attached to an aromatic ring is 1. The molecular formula is C9H12N6S. The molecule has 0 amide bonds. The van der Waals surface area contributed by atoms with Crippen molar-refractivity contribution in [3.05, 3.63) is 28.5 Å². The van der Waals surface area contributed by atoms with Gasteiger partial charge < -0.3 is 10.7 Å². The normalized spacial score (nSPS) is 10.1. The molecule has 0 aromatic carbocycles. The van der Waals surface area contributed by atoms with Crippen LogP contribution in [0.4, 0.5) is 11.6 Å². The molecule has 0 saturated carbocycles. The molecular weight excluding hydrogens is 224 g/mol. The van der Waals surface area contributed by atoms with Gasteiger partial charge in [0.2, 0.25) is 0 Å². The fourth-order valence-corrected chi connectivity index (χ4v) is 1.90. The van der Waals surface area contributed by atoms with Gasteiger partial charge in [-0.25, -0.2) is 15.8 Å². The zero-order valence-electron chi connectivity index (χ0n) is 8.77. The third-order valence-corrected chi connectivity index (χ3v) is 2.99. The summed E-state index contributed by atoms with van der Waals surface area (Å²) in [6.07, 6.45) is 3.21. The van der Waals surface area contributed by atoms with E-state index in [-0.39, 0.29) is 0 Å². The fraction of sp³-hybridized carbons (Fsp3) is 0.222. The highest BCUT2D eigenvalue weighted by Gasteiger charge is 2.02. The van der Waals surface area contributed by atoms with Crippen molar-refractivity contribution in [2.24, 2.45) is 5.84 Å². The number of hydrogen-bond acceptors (Lipinski definition) is 7. The summed E-state index contributed by atoms with van der Waals surface area (Å²) < 4.78 is 0. The zero-order valence-corrected chi connectivity index (χ0v) is 9.58. The lowest BCUT2D eigenvalue weighted by Gasteiger charge is -2.05. The van der Waals surface area contributed by atoms with E-state index in [9.17, 15) is 0 Å². The van der Waals surface area contributed by atoms with E-state index < -0.39 is 0 Å². The largest absolute Gasteiger partial charge is 0.364 e. The van der Waals surface area contributed by atoms with Crippen LogP contribution < -0.4 is 16.6 Å². The van der Waals surface area contributed by atoms with Gasteiger partial charge in [0.1, 0.15) is 5.82 Å². The topological polar surface area (TPSA) is 88.8 Å². The maximum atomic E-state index is 5.25. The van der Waals surface area contributed by atoms with Gasteiger partial charge in [0.05, 0.1) is 30.1 Å². The van der Waals surface area contributed by atoms with Gasteiger partial charge >= 0.3 is 0 Å². The minimum Gasteiger partial charge on any atom is -0.364 e. The molecule has 0 aliphatic heterocycles. The van der Waals surface area contributed by atoms with Gasteiger partial charge in [0.25, 0.3) is 0 Å². The molecule has 0 spiro atoms. The third-order valence-electron chi connectivity index (χ3n) is 2.06. The van der Waals surface area contributed by atoms with Crippen molar-refractivity contribution < 1.29 is 0 Å². The second-order valence-electron chi connectivity index (χ2n) is 3.15. The molecule has 0 fully saturated rings. The monoisotopic (exact) mass is 236 g/mol. The molecule has 16 heavy (non-hydrogen) atoms. The quantitative estimate of drug-likeness (QED) is 0.545. The summed E-state index contributed by atoms with van der Waals surface area (Å²) in [4.78, 5) is 13.6. The number of rotatable bonds is 4. The summed E-state index contributed by atoms with van der Waals surface area (Å²) >= 11 is 1.62. The van der Waals surface area contributed by atoms with Crippen molar-refractivity contribution in [2.45, 2.75) is 13.5 Å². The highest BCUT2D eigenvalue weighted by molar-refractivity contribution is 7.09. The first kappa shape index (κ1) is 10.8. The number of hydrazine groups is 1. The van der Waals surface area contributed by atoms with Crippen LogP contribution in [0, 0.1) is 6.92 Å². The lowest BCUT2D eigenvalue weighted by molar-refractivity contribution is 1.07. The summed E-state index contributed by atoms with van der Waals surface area (Å²) in [5.41, 5.74) is 5.32. The standard InChI is InChI=1S/C9H12N6S/c1-6-7(16-5-13-6)2-12-8-3-11-4-9(14-8)15-10/h3-5H,2,10H2,1H3,(H2,12,14,15). The number of aryl methyl sites for hydroxylation is 1.